The van der Waals surface area contributed by atoms with Crippen molar-refractivity contribution in [2.45, 2.75) is 44.4 Å². The standard InChI is InChI=1S/C23H30O3Se2Si/c1-6-25-22(24)19(18-27-20-13-9-7-10-14-20)17-23(2,26-29(3,4)5)28-21-15-11-8-12-16-21/h7-16,18H,6,17H2,1-5H3/b19-18-. The Labute approximate surface area is 188 Å². The topological polar surface area (TPSA) is 35.5 Å². The Morgan fingerprint density at radius 1 is 1.00 bits per heavy atom. The van der Waals surface area contributed by atoms with Crippen LogP contribution in [0.5, 0.6) is 0 Å². The second-order valence-electron chi connectivity index (χ2n) is 7.73. The third-order valence-corrected chi connectivity index (χ3v) is 9.56. The number of ether oxygens (including phenoxy) is 1. The zero-order valence-corrected chi connectivity index (χ0v) is 22.2. The van der Waals surface area contributed by atoms with Gasteiger partial charge in [-0.25, -0.2) is 0 Å². The summed E-state index contributed by atoms with van der Waals surface area (Å²) in [6, 6.07) is 20.7. The first-order valence-electron chi connectivity index (χ1n) is 9.73. The summed E-state index contributed by atoms with van der Waals surface area (Å²) in [5, 5.41) is 0. The second-order valence-corrected chi connectivity index (χ2v) is 17.4. The Morgan fingerprint density at radius 2 is 1.55 bits per heavy atom. The molecule has 0 heterocycles. The van der Waals surface area contributed by atoms with Gasteiger partial charge >= 0.3 is 189 Å². The first kappa shape index (κ1) is 24.1. The van der Waals surface area contributed by atoms with E-state index < -0.39 is 12.8 Å². The Kier molecular flexibility index (Phi) is 9.41. The van der Waals surface area contributed by atoms with Gasteiger partial charge in [0.1, 0.15) is 0 Å². The summed E-state index contributed by atoms with van der Waals surface area (Å²) in [6.45, 7) is 11.0. The fraction of sp³-hybridized carbons (Fsp3) is 0.348. The third-order valence-electron chi connectivity index (χ3n) is 3.73. The summed E-state index contributed by atoms with van der Waals surface area (Å²) >= 11 is 0.142. The summed E-state index contributed by atoms with van der Waals surface area (Å²) in [5.74, 6) is -0.223. The molecule has 0 aliphatic carbocycles. The number of carbonyl (C=O) groups is 1. The van der Waals surface area contributed by atoms with Gasteiger partial charge in [0.15, 0.2) is 0 Å². The van der Waals surface area contributed by atoms with Crippen LogP contribution in [0.3, 0.4) is 0 Å². The molecule has 0 aromatic heterocycles. The van der Waals surface area contributed by atoms with E-state index in [1.165, 1.54) is 8.92 Å². The van der Waals surface area contributed by atoms with E-state index in [1.54, 1.807) is 0 Å². The maximum absolute atomic E-state index is 12.7. The van der Waals surface area contributed by atoms with Crippen LogP contribution in [-0.4, -0.2) is 55.3 Å². The summed E-state index contributed by atoms with van der Waals surface area (Å²) in [5.41, 5.74) is 0.731. The van der Waals surface area contributed by atoms with E-state index in [9.17, 15) is 4.79 Å². The number of carbonyl (C=O) groups excluding carboxylic acids is 1. The van der Waals surface area contributed by atoms with Crippen LogP contribution in [0.4, 0.5) is 0 Å². The molecule has 2 aromatic carbocycles. The third kappa shape index (κ3) is 9.04. The predicted molar refractivity (Wildman–Crippen MR) is 126 cm³/mol. The van der Waals surface area contributed by atoms with Crippen LogP contribution in [0.2, 0.25) is 19.6 Å². The van der Waals surface area contributed by atoms with E-state index in [-0.39, 0.29) is 35.9 Å². The number of benzene rings is 2. The molecule has 0 fully saturated rings. The minimum atomic E-state index is -1.81. The van der Waals surface area contributed by atoms with Crippen molar-refractivity contribution in [2.24, 2.45) is 0 Å². The molecule has 29 heavy (non-hydrogen) atoms. The van der Waals surface area contributed by atoms with E-state index in [2.05, 4.69) is 67.9 Å². The monoisotopic (exact) mass is 542 g/mol. The van der Waals surface area contributed by atoms with Crippen LogP contribution < -0.4 is 8.92 Å². The van der Waals surface area contributed by atoms with Gasteiger partial charge in [0.25, 0.3) is 0 Å². The van der Waals surface area contributed by atoms with Gasteiger partial charge < -0.3 is 0 Å². The van der Waals surface area contributed by atoms with E-state index >= 15 is 0 Å². The van der Waals surface area contributed by atoms with Gasteiger partial charge in [-0.15, -0.1) is 0 Å². The molecule has 6 heteroatoms. The van der Waals surface area contributed by atoms with Gasteiger partial charge in [-0.3, -0.25) is 0 Å². The first-order valence-corrected chi connectivity index (χ1v) is 16.7. The van der Waals surface area contributed by atoms with Crippen LogP contribution in [0, 0.1) is 0 Å². The molecular weight excluding hydrogens is 510 g/mol. The van der Waals surface area contributed by atoms with Crippen LogP contribution in [0.15, 0.2) is 71.2 Å². The van der Waals surface area contributed by atoms with Gasteiger partial charge in [-0.2, -0.15) is 0 Å². The molecule has 0 bridgehead atoms. The van der Waals surface area contributed by atoms with Crippen molar-refractivity contribution in [1.82, 2.24) is 0 Å². The second kappa shape index (κ2) is 11.3. The van der Waals surface area contributed by atoms with E-state index in [0.717, 1.165) is 5.57 Å². The van der Waals surface area contributed by atoms with Gasteiger partial charge in [-0.1, -0.05) is 0 Å². The molecule has 1 atom stereocenters. The zero-order chi connectivity index (χ0) is 21.3. The number of esters is 1. The van der Waals surface area contributed by atoms with Crippen molar-refractivity contribution in [1.29, 1.82) is 0 Å². The van der Waals surface area contributed by atoms with Crippen LogP contribution in [-0.2, 0) is 14.0 Å². The van der Waals surface area contributed by atoms with Gasteiger partial charge in [0.2, 0.25) is 0 Å². The van der Waals surface area contributed by atoms with Crippen molar-refractivity contribution < 1.29 is 14.0 Å². The minimum absolute atomic E-state index is 0.0693. The molecule has 156 valence electrons. The van der Waals surface area contributed by atoms with Crippen molar-refractivity contribution in [3.63, 3.8) is 0 Å². The Bertz CT molecular complexity index is 804. The molecule has 0 amide bonds. The summed E-state index contributed by atoms with van der Waals surface area (Å²) in [6.07, 6.45) is 0.569. The van der Waals surface area contributed by atoms with Crippen molar-refractivity contribution >= 4 is 53.1 Å². The van der Waals surface area contributed by atoms with Gasteiger partial charge in [-0.05, 0) is 0 Å². The molecule has 0 radical (unpaired) electrons. The fourth-order valence-corrected chi connectivity index (χ4v) is 9.85. The number of hydrogen-bond acceptors (Lipinski definition) is 3. The fourth-order valence-electron chi connectivity index (χ4n) is 2.85. The molecule has 0 aliphatic rings. The summed E-state index contributed by atoms with van der Waals surface area (Å²) in [7, 11) is -1.81. The predicted octanol–water partition coefficient (Wildman–Crippen LogP) is 3.45. The van der Waals surface area contributed by atoms with Crippen molar-refractivity contribution in [3.05, 3.63) is 71.2 Å². The number of rotatable bonds is 10. The molecule has 0 aliphatic heterocycles. The van der Waals surface area contributed by atoms with Gasteiger partial charge in [0, 0.05) is 0 Å². The van der Waals surface area contributed by atoms with Crippen molar-refractivity contribution in [3.8, 4) is 0 Å². The van der Waals surface area contributed by atoms with Crippen molar-refractivity contribution in [2.75, 3.05) is 6.61 Å². The normalized spacial score (nSPS) is 14.3. The van der Waals surface area contributed by atoms with E-state index in [1.807, 2.05) is 31.2 Å². The molecule has 3 nitrogen and oxygen atoms in total. The van der Waals surface area contributed by atoms with E-state index in [4.69, 9.17) is 9.16 Å². The Hall–Kier alpha value is -1.13. The zero-order valence-electron chi connectivity index (χ0n) is 17.8. The molecule has 0 N–H and O–H groups in total. The molecule has 1 unspecified atom stereocenters. The van der Waals surface area contributed by atoms with Crippen LogP contribution in [0.25, 0.3) is 0 Å². The Morgan fingerprint density at radius 3 is 2.07 bits per heavy atom. The molecule has 0 saturated heterocycles. The van der Waals surface area contributed by atoms with E-state index in [0.29, 0.717) is 13.0 Å². The SMILES string of the molecule is CCOC(=O)/C(=C\[Se]c1ccccc1)CC(C)(O[Si](C)(C)C)[Se]c1ccccc1. The average molecular weight is 540 g/mol. The van der Waals surface area contributed by atoms with Crippen LogP contribution >= 0.6 is 0 Å². The van der Waals surface area contributed by atoms with Gasteiger partial charge in [0.05, 0.1) is 0 Å². The first-order chi connectivity index (χ1) is 13.7. The van der Waals surface area contributed by atoms with Crippen LogP contribution in [0.1, 0.15) is 20.3 Å². The summed E-state index contributed by atoms with van der Waals surface area (Å²) in [4.78, 5) is 14.8. The molecular formula is C23H30O3Se2Si. The maximum atomic E-state index is 12.7. The molecule has 0 spiro atoms. The molecule has 2 rings (SSSR count). The molecule has 0 saturated carbocycles. The number of hydrogen-bond donors (Lipinski definition) is 0. The quantitative estimate of drug-likeness (QED) is 0.263. The average Bonchev–Trinajstić information content (AvgIpc) is 2.65. The summed E-state index contributed by atoms with van der Waals surface area (Å²) < 4.78 is 14.2. The molecule has 2 aromatic rings. The Balaban J connectivity index is 2.30.